The minimum atomic E-state index is -4.22. The number of rotatable bonds is 12. The van der Waals surface area contributed by atoms with Gasteiger partial charge in [0.05, 0.1) is 26.1 Å². The molecule has 3 heterocycles. The molecule has 0 unspecified atom stereocenters. The van der Waals surface area contributed by atoms with Gasteiger partial charge in [-0.25, -0.2) is 24.5 Å². The third kappa shape index (κ3) is 7.10. The summed E-state index contributed by atoms with van der Waals surface area (Å²) in [5.41, 5.74) is 7.52. The van der Waals surface area contributed by atoms with Gasteiger partial charge in [-0.15, -0.1) is 0 Å². The number of methoxy groups -OCH3 is 1. The van der Waals surface area contributed by atoms with Crippen molar-refractivity contribution in [1.29, 1.82) is 0 Å². The quantitative estimate of drug-likeness (QED) is 0.184. The van der Waals surface area contributed by atoms with E-state index in [9.17, 15) is 23.4 Å². The Morgan fingerprint density at radius 3 is 2.67 bits per heavy atom. The van der Waals surface area contributed by atoms with Gasteiger partial charge in [-0.1, -0.05) is 12.1 Å². The molecule has 0 bridgehead atoms. The Morgan fingerprint density at radius 1 is 1.15 bits per heavy atom. The molecule has 15 nitrogen and oxygen atoms in total. The molecule has 0 radical (unpaired) electrons. The molecule has 39 heavy (non-hydrogen) atoms. The third-order valence-electron chi connectivity index (χ3n) is 6.19. The highest BCUT2D eigenvalue weighted by Crippen LogP contribution is 2.33. The van der Waals surface area contributed by atoms with E-state index in [0.29, 0.717) is 17.6 Å². The summed E-state index contributed by atoms with van der Waals surface area (Å²) in [6, 6.07) is 7.63. The monoisotopic (exact) mass is 565 g/mol. The van der Waals surface area contributed by atoms with Crippen molar-refractivity contribution >= 4 is 33.3 Å². The number of unbranched alkanes of at least 4 members (excludes halogenated alkanes) is 1. The summed E-state index contributed by atoms with van der Waals surface area (Å²) in [4.78, 5) is 23.9. The number of amides is 1. The largest absolute Gasteiger partial charge is 0.497 e. The molecular formula is C23H31N7O8S. The minimum Gasteiger partial charge on any atom is -0.497 e. The highest BCUT2D eigenvalue weighted by Gasteiger charge is 2.44. The van der Waals surface area contributed by atoms with Gasteiger partial charge in [-0.3, -0.25) is 4.57 Å². The number of hydrogen-bond donors (Lipinski definition) is 5. The lowest BCUT2D eigenvalue weighted by Crippen LogP contribution is -2.42. The van der Waals surface area contributed by atoms with Crippen molar-refractivity contribution in [2.75, 3.05) is 26.0 Å². The zero-order valence-electron chi connectivity index (χ0n) is 21.1. The molecule has 1 aromatic carbocycles. The maximum absolute atomic E-state index is 12.2. The molecule has 4 atom stereocenters. The molecule has 2 aromatic heterocycles. The first kappa shape index (κ1) is 28.4. The van der Waals surface area contributed by atoms with E-state index in [1.54, 1.807) is 11.8 Å². The van der Waals surface area contributed by atoms with Crippen LogP contribution in [-0.2, 0) is 26.1 Å². The molecule has 6 N–H and O–H groups in total. The number of anilines is 1. The van der Waals surface area contributed by atoms with Gasteiger partial charge < -0.3 is 30.2 Å². The molecule has 1 saturated heterocycles. The van der Waals surface area contributed by atoms with Crippen LogP contribution >= 0.6 is 0 Å². The standard InChI is InChI=1S/C23H31N7O8S/c1-36-15-7-5-14(6-8-15)4-2-3-11-37-23(33)29-39(34,35)28-10-9-16-18(31)19(32)22(38-16)30-13-27-17-20(24)25-12-26-21(17)30/h5-8,12-13,16,18-19,22,28,31-32H,2-4,9-11H2,1H3,(H,29,33)(H2,24,25,26)/t16-,18-,19-,22-/m1/s1. The van der Waals surface area contributed by atoms with Gasteiger partial charge in [0.15, 0.2) is 17.7 Å². The van der Waals surface area contributed by atoms with Crippen molar-refractivity contribution in [3.8, 4) is 5.75 Å². The SMILES string of the molecule is COc1ccc(CCCCOC(=O)NS(=O)(=O)NCC[C@H]2O[C@@H](n3cnc4c(N)ncnc43)[C@H](O)[C@@H]2O)cc1. The molecule has 1 aliphatic rings. The molecule has 212 valence electrons. The van der Waals surface area contributed by atoms with E-state index in [-0.39, 0.29) is 25.4 Å². The van der Waals surface area contributed by atoms with Crippen LogP contribution in [0.25, 0.3) is 11.2 Å². The zero-order valence-corrected chi connectivity index (χ0v) is 22.0. The minimum absolute atomic E-state index is 0.000201. The van der Waals surface area contributed by atoms with Crippen LogP contribution in [0.15, 0.2) is 36.9 Å². The Morgan fingerprint density at radius 2 is 1.92 bits per heavy atom. The van der Waals surface area contributed by atoms with Crippen LogP contribution in [-0.4, -0.2) is 82.8 Å². The number of nitrogens with two attached hydrogens (primary N) is 1. The first-order chi connectivity index (χ1) is 18.7. The zero-order chi connectivity index (χ0) is 28.0. The molecular weight excluding hydrogens is 534 g/mol. The Bertz CT molecular complexity index is 1370. The van der Waals surface area contributed by atoms with Gasteiger partial charge in [0.1, 0.15) is 29.8 Å². The lowest BCUT2D eigenvalue weighted by Gasteiger charge is -2.16. The van der Waals surface area contributed by atoms with Crippen molar-refractivity contribution in [3.63, 3.8) is 0 Å². The molecule has 0 spiro atoms. The predicted molar refractivity (Wildman–Crippen MR) is 138 cm³/mol. The van der Waals surface area contributed by atoms with E-state index in [0.717, 1.165) is 24.2 Å². The van der Waals surface area contributed by atoms with E-state index in [1.807, 2.05) is 24.3 Å². The summed E-state index contributed by atoms with van der Waals surface area (Å²) < 4.78 is 45.6. The van der Waals surface area contributed by atoms with Crippen LogP contribution in [0, 0.1) is 0 Å². The highest BCUT2D eigenvalue weighted by atomic mass is 32.2. The predicted octanol–water partition coefficient (Wildman–Crippen LogP) is 0.00990. The van der Waals surface area contributed by atoms with Crippen molar-refractivity contribution in [1.82, 2.24) is 29.0 Å². The number of nitrogens with one attached hydrogen (secondary N) is 2. The second-order valence-electron chi connectivity index (χ2n) is 8.86. The Kier molecular flexibility index (Phi) is 9.13. The number of ether oxygens (including phenoxy) is 3. The molecule has 16 heteroatoms. The number of aryl methyl sites for hydroxylation is 1. The summed E-state index contributed by atoms with van der Waals surface area (Å²) in [6.07, 6.45) is -1.03. The third-order valence-corrected chi connectivity index (χ3v) is 7.21. The molecule has 1 amide bonds. The first-order valence-electron chi connectivity index (χ1n) is 12.2. The number of aliphatic hydroxyl groups excluding tert-OH is 2. The van der Waals surface area contributed by atoms with Crippen LogP contribution in [0.3, 0.4) is 0 Å². The van der Waals surface area contributed by atoms with Gasteiger partial charge in [0, 0.05) is 6.54 Å². The van der Waals surface area contributed by atoms with Gasteiger partial charge in [-0.2, -0.15) is 13.1 Å². The van der Waals surface area contributed by atoms with Gasteiger partial charge >= 0.3 is 16.3 Å². The van der Waals surface area contributed by atoms with Crippen molar-refractivity contribution < 1.29 is 37.6 Å². The molecule has 1 fully saturated rings. The maximum atomic E-state index is 12.2. The van der Waals surface area contributed by atoms with Crippen LogP contribution in [0.1, 0.15) is 31.1 Å². The number of imidazole rings is 1. The smallest absolute Gasteiger partial charge is 0.421 e. The van der Waals surface area contributed by atoms with Crippen LogP contribution in [0.2, 0.25) is 0 Å². The first-order valence-corrected chi connectivity index (χ1v) is 13.7. The number of benzene rings is 1. The number of aromatic nitrogens is 4. The number of carbonyl (C=O) groups is 1. The van der Waals surface area contributed by atoms with Crippen LogP contribution < -0.4 is 19.9 Å². The summed E-state index contributed by atoms with van der Waals surface area (Å²) in [5, 5.41) is 20.9. The summed E-state index contributed by atoms with van der Waals surface area (Å²) >= 11 is 0. The fourth-order valence-corrected chi connectivity index (χ4v) is 4.89. The van der Waals surface area contributed by atoms with E-state index in [1.165, 1.54) is 17.2 Å². The van der Waals surface area contributed by atoms with Gasteiger partial charge in [0.2, 0.25) is 0 Å². The van der Waals surface area contributed by atoms with E-state index in [4.69, 9.17) is 19.9 Å². The van der Waals surface area contributed by atoms with Gasteiger partial charge in [-0.05, 0) is 43.4 Å². The maximum Gasteiger partial charge on any atom is 0.421 e. The van der Waals surface area contributed by atoms with Crippen LogP contribution in [0.4, 0.5) is 10.6 Å². The summed E-state index contributed by atoms with van der Waals surface area (Å²) in [5.74, 6) is 0.921. The van der Waals surface area contributed by atoms with Gasteiger partial charge in [0.25, 0.3) is 0 Å². The Labute approximate surface area is 224 Å². The molecule has 3 aromatic rings. The second kappa shape index (κ2) is 12.5. The number of hydrogen-bond acceptors (Lipinski definition) is 12. The normalized spacial score (nSPS) is 21.2. The topological polar surface area (TPSA) is 213 Å². The average molecular weight is 566 g/mol. The highest BCUT2D eigenvalue weighted by molar-refractivity contribution is 7.88. The molecule has 0 aliphatic carbocycles. The number of carbonyl (C=O) groups excluding carboxylic acids is 1. The average Bonchev–Trinajstić information content (AvgIpc) is 3.46. The molecule has 4 rings (SSSR count). The fraction of sp³-hybridized carbons (Fsp3) is 0.478. The lowest BCUT2D eigenvalue weighted by atomic mass is 10.1. The second-order valence-corrected chi connectivity index (χ2v) is 10.4. The summed E-state index contributed by atoms with van der Waals surface area (Å²) in [7, 11) is -2.62. The van der Waals surface area contributed by atoms with E-state index < -0.39 is 40.8 Å². The summed E-state index contributed by atoms with van der Waals surface area (Å²) in [6.45, 7) is -0.135. The number of aliphatic hydroxyl groups is 2. The van der Waals surface area contributed by atoms with Crippen molar-refractivity contribution in [3.05, 3.63) is 42.5 Å². The van der Waals surface area contributed by atoms with Crippen molar-refractivity contribution in [2.24, 2.45) is 0 Å². The van der Waals surface area contributed by atoms with E-state index >= 15 is 0 Å². The Hall–Kier alpha value is -3.57. The number of nitrogens with zero attached hydrogens (tertiary/aromatic N) is 4. The number of fused-ring (bicyclic) bond motifs is 1. The fourth-order valence-electron chi connectivity index (χ4n) is 4.15. The Balaban J connectivity index is 1.17. The van der Waals surface area contributed by atoms with E-state index in [2.05, 4.69) is 19.7 Å². The number of nitrogen functional groups attached to an aromatic ring is 1. The molecule has 0 saturated carbocycles. The lowest BCUT2D eigenvalue weighted by molar-refractivity contribution is -0.0363. The van der Waals surface area contributed by atoms with Crippen molar-refractivity contribution in [2.45, 2.75) is 50.2 Å². The van der Waals surface area contributed by atoms with Crippen LogP contribution in [0.5, 0.6) is 5.75 Å². The molecule has 1 aliphatic heterocycles.